The molecule has 6 heteroatoms. The second kappa shape index (κ2) is 6.39. The predicted octanol–water partition coefficient (Wildman–Crippen LogP) is 2.32. The minimum Gasteiger partial charge on any atom is -0.507 e. The van der Waals surface area contributed by atoms with Crippen LogP contribution in [0.25, 0.3) is 10.8 Å². The number of carbonyl (C=O) groups is 2. The lowest BCUT2D eigenvalue weighted by Gasteiger charge is -2.13. The quantitative estimate of drug-likeness (QED) is 0.578. The predicted molar refractivity (Wildman–Crippen MR) is 87.9 cm³/mol. The molecule has 1 aliphatic carbocycles. The maximum Gasteiger partial charge on any atom is 0.342 e. The standard InChI is InChI=1S/C18H19NO5/c1-10(11-6-7-11)19-16(21)9-24-18(23)14-8-15(20)12-4-2-3-5-13(12)17(14)22/h2-5,8,10-11,20,22H,6-7,9H2,1H3,(H,19,21)/t10-/m1/s1. The monoisotopic (exact) mass is 329 g/mol. The average molecular weight is 329 g/mol. The van der Waals surface area contributed by atoms with Crippen LogP contribution >= 0.6 is 0 Å². The number of esters is 1. The van der Waals surface area contributed by atoms with E-state index in [4.69, 9.17) is 4.74 Å². The van der Waals surface area contributed by atoms with E-state index in [9.17, 15) is 19.8 Å². The van der Waals surface area contributed by atoms with E-state index in [1.807, 2.05) is 6.92 Å². The van der Waals surface area contributed by atoms with E-state index in [-0.39, 0.29) is 29.0 Å². The number of nitrogens with one attached hydrogen (secondary N) is 1. The number of hydrogen-bond donors (Lipinski definition) is 3. The molecule has 0 spiro atoms. The Kier molecular flexibility index (Phi) is 4.29. The van der Waals surface area contributed by atoms with Gasteiger partial charge in [0.2, 0.25) is 0 Å². The Morgan fingerprint density at radius 2 is 1.92 bits per heavy atom. The molecule has 1 amide bonds. The van der Waals surface area contributed by atoms with Crippen molar-refractivity contribution in [3.05, 3.63) is 35.9 Å². The zero-order valence-electron chi connectivity index (χ0n) is 13.3. The minimum atomic E-state index is -0.859. The number of fused-ring (bicyclic) bond motifs is 1. The lowest BCUT2D eigenvalue weighted by Crippen LogP contribution is -2.37. The number of amides is 1. The first-order chi connectivity index (χ1) is 11.5. The van der Waals surface area contributed by atoms with Crippen LogP contribution in [-0.4, -0.2) is 34.7 Å². The van der Waals surface area contributed by atoms with Crippen LogP contribution in [0.3, 0.4) is 0 Å². The number of phenols is 2. The largest absolute Gasteiger partial charge is 0.507 e. The number of benzene rings is 2. The van der Waals surface area contributed by atoms with E-state index in [1.165, 1.54) is 0 Å². The Labute approximate surface area is 139 Å². The van der Waals surface area contributed by atoms with Gasteiger partial charge < -0.3 is 20.3 Å². The van der Waals surface area contributed by atoms with Crippen LogP contribution in [0.2, 0.25) is 0 Å². The second-order valence-corrected chi connectivity index (χ2v) is 6.11. The lowest BCUT2D eigenvalue weighted by atomic mass is 10.0. The SMILES string of the molecule is C[C@@H](NC(=O)COC(=O)c1cc(O)c2ccccc2c1O)C1CC1. The van der Waals surface area contributed by atoms with Crippen molar-refractivity contribution in [1.82, 2.24) is 5.32 Å². The van der Waals surface area contributed by atoms with Gasteiger partial charge in [-0.3, -0.25) is 4.79 Å². The number of hydrogen-bond acceptors (Lipinski definition) is 5. The molecule has 126 valence electrons. The molecule has 1 aliphatic rings. The molecule has 1 fully saturated rings. The fourth-order valence-electron chi connectivity index (χ4n) is 2.72. The minimum absolute atomic E-state index is 0.0642. The molecule has 1 saturated carbocycles. The second-order valence-electron chi connectivity index (χ2n) is 6.11. The van der Waals surface area contributed by atoms with Crippen molar-refractivity contribution in [1.29, 1.82) is 0 Å². The van der Waals surface area contributed by atoms with Crippen LogP contribution in [0.5, 0.6) is 11.5 Å². The summed E-state index contributed by atoms with van der Waals surface area (Å²) in [6, 6.07) is 7.82. The summed E-state index contributed by atoms with van der Waals surface area (Å²) in [5.41, 5.74) is -0.172. The molecular formula is C18H19NO5. The van der Waals surface area contributed by atoms with Crippen molar-refractivity contribution in [3.63, 3.8) is 0 Å². The smallest absolute Gasteiger partial charge is 0.342 e. The summed E-state index contributed by atoms with van der Waals surface area (Å²) in [4.78, 5) is 23.9. The average Bonchev–Trinajstić information content (AvgIpc) is 3.41. The Bertz CT molecular complexity index is 797. The van der Waals surface area contributed by atoms with Gasteiger partial charge in [0.15, 0.2) is 6.61 Å². The normalized spacial score (nSPS) is 15.0. The summed E-state index contributed by atoms with van der Waals surface area (Å²) >= 11 is 0. The Hall–Kier alpha value is -2.76. The van der Waals surface area contributed by atoms with Crippen LogP contribution in [0.4, 0.5) is 0 Å². The van der Waals surface area contributed by atoms with Gasteiger partial charge in [-0.05, 0) is 31.7 Å². The zero-order valence-corrected chi connectivity index (χ0v) is 13.3. The molecular weight excluding hydrogens is 310 g/mol. The molecule has 2 aromatic rings. The molecule has 2 aromatic carbocycles. The van der Waals surface area contributed by atoms with Crippen LogP contribution in [0.1, 0.15) is 30.1 Å². The summed E-state index contributed by atoms with van der Waals surface area (Å²) < 4.78 is 4.95. The summed E-state index contributed by atoms with van der Waals surface area (Å²) in [6.45, 7) is 1.49. The highest BCUT2D eigenvalue weighted by Crippen LogP contribution is 2.35. The Morgan fingerprint density at radius 1 is 1.25 bits per heavy atom. The highest BCUT2D eigenvalue weighted by Gasteiger charge is 2.29. The number of phenolic OH excluding ortho intramolecular Hbond substituents is 2. The lowest BCUT2D eigenvalue weighted by molar-refractivity contribution is -0.125. The molecule has 0 unspecified atom stereocenters. The highest BCUT2D eigenvalue weighted by atomic mass is 16.5. The van der Waals surface area contributed by atoms with E-state index >= 15 is 0 Å². The highest BCUT2D eigenvalue weighted by molar-refractivity contribution is 6.04. The molecule has 6 nitrogen and oxygen atoms in total. The summed E-state index contributed by atoms with van der Waals surface area (Å²) in [6.07, 6.45) is 2.21. The van der Waals surface area contributed by atoms with Gasteiger partial charge in [-0.15, -0.1) is 0 Å². The first-order valence-electron chi connectivity index (χ1n) is 7.87. The van der Waals surface area contributed by atoms with Crippen LogP contribution in [0.15, 0.2) is 30.3 Å². The maximum atomic E-state index is 12.1. The molecule has 0 heterocycles. The van der Waals surface area contributed by atoms with Crippen molar-refractivity contribution in [2.24, 2.45) is 5.92 Å². The van der Waals surface area contributed by atoms with E-state index in [1.54, 1.807) is 24.3 Å². The molecule has 0 aromatic heterocycles. The van der Waals surface area contributed by atoms with Crippen LogP contribution < -0.4 is 5.32 Å². The third-order valence-electron chi connectivity index (χ3n) is 4.27. The Balaban J connectivity index is 1.69. The van der Waals surface area contributed by atoms with Gasteiger partial charge in [0.1, 0.15) is 17.1 Å². The molecule has 1 atom stereocenters. The third kappa shape index (κ3) is 3.27. The molecule has 0 aliphatic heterocycles. The van der Waals surface area contributed by atoms with Gasteiger partial charge in [-0.25, -0.2) is 4.79 Å². The van der Waals surface area contributed by atoms with Gasteiger partial charge in [0.05, 0.1) is 0 Å². The van der Waals surface area contributed by atoms with E-state index < -0.39 is 12.6 Å². The van der Waals surface area contributed by atoms with E-state index in [2.05, 4.69) is 5.32 Å². The van der Waals surface area contributed by atoms with Crippen molar-refractivity contribution in [2.75, 3.05) is 6.61 Å². The van der Waals surface area contributed by atoms with Crippen molar-refractivity contribution in [2.45, 2.75) is 25.8 Å². The Morgan fingerprint density at radius 3 is 2.58 bits per heavy atom. The van der Waals surface area contributed by atoms with Crippen molar-refractivity contribution < 1.29 is 24.5 Å². The first-order valence-corrected chi connectivity index (χ1v) is 7.87. The number of rotatable bonds is 5. The first kappa shape index (κ1) is 16.1. The summed E-state index contributed by atoms with van der Waals surface area (Å²) in [7, 11) is 0. The summed E-state index contributed by atoms with van der Waals surface area (Å²) in [5, 5.41) is 23.8. The van der Waals surface area contributed by atoms with E-state index in [0.717, 1.165) is 18.9 Å². The van der Waals surface area contributed by atoms with Gasteiger partial charge >= 0.3 is 5.97 Å². The van der Waals surface area contributed by atoms with Crippen molar-refractivity contribution in [3.8, 4) is 11.5 Å². The van der Waals surface area contributed by atoms with Crippen LogP contribution in [-0.2, 0) is 9.53 Å². The van der Waals surface area contributed by atoms with Gasteiger partial charge in [-0.2, -0.15) is 0 Å². The molecule has 3 rings (SSSR count). The van der Waals surface area contributed by atoms with Crippen LogP contribution in [0, 0.1) is 5.92 Å². The molecule has 3 N–H and O–H groups in total. The number of ether oxygens (including phenoxy) is 1. The molecule has 24 heavy (non-hydrogen) atoms. The van der Waals surface area contributed by atoms with Gasteiger partial charge in [-0.1, -0.05) is 24.3 Å². The maximum absolute atomic E-state index is 12.1. The third-order valence-corrected chi connectivity index (χ3v) is 4.27. The van der Waals surface area contributed by atoms with Crippen molar-refractivity contribution >= 4 is 22.6 Å². The number of aromatic hydroxyl groups is 2. The molecule has 0 radical (unpaired) electrons. The molecule has 0 bridgehead atoms. The summed E-state index contributed by atoms with van der Waals surface area (Å²) in [5.74, 6) is -1.15. The fraction of sp³-hybridized carbons (Fsp3) is 0.333. The van der Waals surface area contributed by atoms with Gasteiger partial charge in [0.25, 0.3) is 5.91 Å². The zero-order chi connectivity index (χ0) is 17.3. The number of carbonyl (C=O) groups excluding carboxylic acids is 2. The fourth-order valence-corrected chi connectivity index (χ4v) is 2.72. The van der Waals surface area contributed by atoms with E-state index in [0.29, 0.717) is 16.7 Å². The molecule has 0 saturated heterocycles. The topological polar surface area (TPSA) is 95.9 Å². The van der Waals surface area contributed by atoms with Gasteiger partial charge in [0, 0.05) is 16.8 Å².